The first-order chi connectivity index (χ1) is 14.9. The van der Waals surface area contributed by atoms with Crippen molar-refractivity contribution in [2.75, 3.05) is 0 Å². The predicted molar refractivity (Wildman–Crippen MR) is 127 cm³/mol. The van der Waals surface area contributed by atoms with Crippen molar-refractivity contribution in [3.63, 3.8) is 0 Å². The van der Waals surface area contributed by atoms with Gasteiger partial charge in [-0.05, 0) is 54.0 Å². The molecular formula is C25H29ClN2O2S. The molecule has 3 aromatic rings. The lowest BCUT2D eigenvalue weighted by atomic mass is 9.84. The first-order valence-electron chi connectivity index (χ1n) is 11.0. The molecule has 4 rings (SSSR count). The van der Waals surface area contributed by atoms with Gasteiger partial charge in [-0.15, -0.1) is 0 Å². The SMILES string of the molecule is CCC[C@@H]1C[C@@]1(CCC)[C@@H](NS(=O)(=O)c1cccc2cccnc12)c1ccc(Cl)cc1. The third kappa shape index (κ3) is 4.36. The van der Waals surface area contributed by atoms with Crippen LogP contribution in [0.3, 0.4) is 0 Å². The van der Waals surface area contributed by atoms with E-state index in [0.717, 1.165) is 43.1 Å². The van der Waals surface area contributed by atoms with E-state index in [9.17, 15) is 8.42 Å². The summed E-state index contributed by atoms with van der Waals surface area (Å²) < 4.78 is 30.4. The first-order valence-corrected chi connectivity index (χ1v) is 12.9. The van der Waals surface area contributed by atoms with Gasteiger partial charge in [-0.1, -0.05) is 75.0 Å². The van der Waals surface area contributed by atoms with Crippen molar-refractivity contribution in [3.05, 3.63) is 71.4 Å². The fraction of sp³-hybridized carbons (Fsp3) is 0.400. The lowest BCUT2D eigenvalue weighted by molar-refractivity contribution is 0.309. The summed E-state index contributed by atoms with van der Waals surface area (Å²) in [5, 5.41) is 1.46. The Morgan fingerprint density at radius 2 is 1.84 bits per heavy atom. The van der Waals surface area contributed by atoms with E-state index in [1.165, 1.54) is 0 Å². The molecule has 0 unspecified atom stereocenters. The zero-order valence-corrected chi connectivity index (χ0v) is 19.6. The van der Waals surface area contributed by atoms with Gasteiger partial charge in [-0.3, -0.25) is 4.98 Å². The molecule has 1 aliphatic carbocycles. The molecule has 1 aromatic heterocycles. The third-order valence-electron chi connectivity index (χ3n) is 6.57. The molecule has 3 atom stereocenters. The minimum atomic E-state index is -3.79. The highest BCUT2D eigenvalue weighted by Crippen LogP contribution is 2.65. The zero-order chi connectivity index (χ0) is 22.1. The van der Waals surface area contributed by atoms with Crippen molar-refractivity contribution >= 4 is 32.5 Å². The summed E-state index contributed by atoms with van der Waals surface area (Å²) >= 11 is 6.13. The summed E-state index contributed by atoms with van der Waals surface area (Å²) in [6.45, 7) is 4.36. The van der Waals surface area contributed by atoms with E-state index in [1.807, 2.05) is 42.5 Å². The molecule has 1 fully saturated rings. The van der Waals surface area contributed by atoms with Crippen LogP contribution >= 0.6 is 11.6 Å². The Balaban J connectivity index is 1.78. The second-order valence-electron chi connectivity index (χ2n) is 8.61. The largest absolute Gasteiger partial charge is 0.255 e. The normalized spacial score (nSPS) is 21.8. The van der Waals surface area contributed by atoms with Crippen LogP contribution in [0.4, 0.5) is 0 Å². The van der Waals surface area contributed by atoms with Crippen LogP contribution in [0.25, 0.3) is 10.9 Å². The van der Waals surface area contributed by atoms with Crippen LogP contribution in [0.5, 0.6) is 0 Å². The maximum absolute atomic E-state index is 13.7. The number of sulfonamides is 1. The number of benzene rings is 2. The maximum Gasteiger partial charge on any atom is 0.243 e. The highest BCUT2D eigenvalue weighted by Gasteiger charge is 2.58. The molecule has 1 saturated carbocycles. The van der Waals surface area contributed by atoms with Crippen LogP contribution in [0.2, 0.25) is 5.02 Å². The molecule has 164 valence electrons. The number of aromatic nitrogens is 1. The van der Waals surface area contributed by atoms with E-state index in [2.05, 4.69) is 23.6 Å². The molecule has 0 amide bonds. The molecule has 0 bridgehead atoms. The zero-order valence-electron chi connectivity index (χ0n) is 18.0. The number of para-hydroxylation sites is 1. The average Bonchev–Trinajstić information content (AvgIpc) is 3.46. The minimum absolute atomic E-state index is 0.0658. The van der Waals surface area contributed by atoms with Gasteiger partial charge >= 0.3 is 0 Å². The second-order valence-corrected chi connectivity index (χ2v) is 10.7. The van der Waals surface area contributed by atoms with Crippen molar-refractivity contribution in [1.82, 2.24) is 9.71 Å². The molecule has 1 aliphatic rings. The number of nitrogens with zero attached hydrogens (tertiary/aromatic N) is 1. The monoisotopic (exact) mass is 456 g/mol. The minimum Gasteiger partial charge on any atom is -0.255 e. The number of hydrogen-bond acceptors (Lipinski definition) is 3. The molecule has 31 heavy (non-hydrogen) atoms. The lowest BCUT2D eigenvalue weighted by Crippen LogP contribution is -2.35. The maximum atomic E-state index is 13.7. The summed E-state index contributed by atoms with van der Waals surface area (Å²) in [5.74, 6) is 0.520. The quantitative estimate of drug-likeness (QED) is 0.399. The predicted octanol–water partition coefficient (Wildman–Crippen LogP) is 6.51. The van der Waals surface area contributed by atoms with Gasteiger partial charge in [-0.25, -0.2) is 13.1 Å². The third-order valence-corrected chi connectivity index (χ3v) is 8.27. The molecule has 4 nitrogen and oxygen atoms in total. The van der Waals surface area contributed by atoms with Crippen molar-refractivity contribution in [2.24, 2.45) is 11.3 Å². The number of rotatable bonds is 9. The number of nitrogens with one attached hydrogen (secondary N) is 1. The van der Waals surface area contributed by atoms with Gasteiger partial charge in [-0.2, -0.15) is 0 Å². The van der Waals surface area contributed by atoms with Crippen molar-refractivity contribution in [3.8, 4) is 0 Å². The van der Waals surface area contributed by atoms with Gasteiger partial charge in [0.25, 0.3) is 0 Å². The van der Waals surface area contributed by atoms with Gasteiger partial charge in [0.2, 0.25) is 10.0 Å². The van der Waals surface area contributed by atoms with Crippen LogP contribution in [0.15, 0.2) is 65.7 Å². The Bertz CT molecular complexity index is 1160. The number of fused-ring (bicyclic) bond motifs is 1. The smallest absolute Gasteiger partial charge is 0.243 e. The van der Waals surface area contributed by atoms with Gasteiger partial charge in [0.1, 0.15) is 4.90 Å². The summed E-state index contributed by atoms with van der Waals surface area (Å²) in [4.78, 5) is 4.59. The second kappa shape index (κ2) is 8.89. The van der Waals surface area contributed by atoms with Gasteiger partial charge < -0.3 is 0 Å². The molecule has 0 saturated heterocycles. The van der Waals surface area contributed by atoms with Crippen LogP contribution in [-0.4, -0.2) is 13.4 Å². The molecule has 2 aromatic carbocycles. The number of pyridine rings is 1. The average molecular weight is 457 g/mol. The van der Waals surface area contributed by atoms with Gasteiger partial charge in [0.05, 0.1) is 11.6 Å². The van der Waals surface area contributed by atoms with E-state index in [1.54, 1.807) is 18.3 Å². The topological polar surface area (TPSA) is 59.1 Å². The summed E-state index contributed by atoms with van der Waals surface area (Å²) in [5.41, 5.74) is 1.40. The Morgan fingerprint density at radius 1 is 1.10 bits per heavy atom. The molecule has 1 N–H and O–H groups in total. The molecule has 1 heterocycles. The van der Waals surface area contributed by atoms with Crippen molar-refractivity contribution < 1.29 is 8.42 Å². The Morgan fingerprint density at radius 3 is 2.55 bits per heavy atom. The fourth-order valence-corrected chi connectivity index (χ4v) is 6.71. The molecule has 0 aliphatic heterocycles. The molecule has 0 radical (unpaired) electrons. The number of halogens is 1. The van der Waals surface area contributed by atoms with Crippen molar-refractivity contribution in [2.45, 2.75) is 56.9 Å². The van der Waals surface area contributed by atoms with E-state index in [-0.39, 0.29) is 16.4 Å². The van der Waals surface area contributed by atoms with Gasteiger partial charge in [0.15, 0.2) is 0 Å². The summed E-state index contributed by atoms with van der Waals surface area (Å²) in [7, 11) is -3.79. The standard InChI is InChI=1S/C25H29ClN2O2S/c1-3-7-20-17-25(20,15-4-2)24(19-11-13-21(26)14-12-19)28-31(29,30)22-10-5-8-18-9-6-16-27-23(18)22/h5-6,8-14,16,20,24,28H,3-4,7,15,17H2,1-2H3/t20-,24+,25-/m1/s1. The fourth-order valence-electron chi connectivity index (χ4n) is 5.09. The van der Waals surface area contributed by atoms with Crippen LogP contribution in [0, 0.1) is 11.3 Å². The van der Waals surface area contributed by atoms with E-state index in [0.29, 0.717) is 16.5 Å². The van der Waals surface area contributed by atoms with Gasteiger partial charge in [0, 0.05) is 16.6 Å². The highest BCUT2D eigenvalue weighted by atomic mass is 35.5. The molecule has 0 spiro atoms. The van der Waals surface area contributed by atoms with Crippen LogP contribution < -0.4 is 4.72 Å². The van der Waals surface area contributed by atoms with E-state index in [4.69, 9.17) is 11.6 Å². The van der Waals surface area contributed by atoms with Crippen LogP contribution in [0.1, 0.15) is 57.6 Å². The van der Waals surface area contributed by atoms with Crippen LogP contribution in [-0.2, 0) is 10.0 Å². The Labute approximate surface area is 190 Å². The molecular weight excluding hydrogens is 428 g/mol. The Kier molecular flexibility index (Phi) is 6.38. The summed E-state index contributed by atoms with van der Waals surface area (Å²) in [6, 6.07) is 16.3. The summed E-state index contributed by atoms with van der Waals surface area (Å²) in [6.07, 6.45) is 6.89. The Hall–Kier alpha value is -1.95. The van der Waals surface area contributed by atoms with Crippen molar-refractivity contribution in [1.29, 1.82) is 0 Å². The number of hydrogen-bond donors (Lipinski definition) is 1. The highest BCUT2D eigenvalue weighted by molar-refractivity contribution is 7.89. The van der Waals surface area contributed by atoms with E-state index >= 15 is 0 Å². The first kappa shape index (κ1) is 22.3. The molecule has 6 heteroatoms. The van der Waals surface area contributed by atoms with E-state index < -0.39 is 10.0 Å². The lowest BCUT2D eigenvalue weighted by Gasteiger charge is -2.30.